The fourth-order valence-corrected chi connectivity index (χ4v) is 1.17. The van der Waals surface area contributed by atoms with Gasteiger partial charge in [0.1, 0.15) is 0 Å². The van der Waals surface area contributed by atoms with Gasteiger partial charge in [-0.3, -0.25) is 0 Å². The minimum absolute atomic E-state index is 0.305. The van der Waals surface area contributed by atoms with Crippen molar-refractivity contribution in [1.29, 1.82) is 0 Å². The summed E-state index contributed by atoms with van der Waals surface area (Å²) in [5.74, 6) is -0.306. The molecule has 0 aliphatic carbocycles. The van der Waals surface area contributed by atoms with E-state index in [9.17, 15) is 4.39 Å². The molecule has 0 spiro atoms. The van der Waals surface area contributed by atoms with Crippen molar-refractivity contribution in [2.24, 2.45) is 0 Å². The van der Waals surface area contributed by atoms with E-state index in [1.807, 2.05) is 20.8 Å². The molecule has 1 heterocycles. The van der Waals surface area contributed by atoms with E-state index in [0.717, 1.165) is 0 Å². The van der Waals surface area contributed by atoms with Crippen molar-refractivity contribution >= 4 is 15.9 Å². The van der Waals surface area contributed by atoms with Crippen LogP contribution in [0.25, 0.3) is 0 Å². The molecule has 0 atom stereocenters. The van der Waals surface area contributed by atoms with Crippen LogP contribution in [0, 0.1) is 12.9 Å². The standard InChI is InChI=1S/C8H12BrFN2/c1-5-6(9)7(10)12(11-5)8(2,3)4/h1-4H3. The van der Waals surface area contributed by atoms with Crippen molar-refractivity contribution in [2.45, 2.75) is 33.2 Å². The molecule has 2 nitrogen and oxygen atoms in total. The van der Waals surface area contributed by atoms with Gasteiger partial charge in [0.25, 0.3) is 0 Å². The zero-order chi connectivity index (χ0) is 9.52. The molecule has 0 radical (unpaired) electrons. The first-order valence-corrected chi connectivity index (χ1v) is 4.54. The molecular formula is C8H12BrFN2. The van der Waals surface area contributed by atoms with Gasteiger partial charge >= 0.3 is 0 Å². The van der Waals surface area contributed by atoms with Gasteiger partial charge in [0.15, 0.2) is 0 Å². The lowest BCUT2D eigenvalue weighted by atomic mass is 10.1. The largest absolute Gasteiger partial charge is 0.233 e. The van der Waals surface area contributed by atoms with Gasteiger partial charge in [-0.25, -0.2) is 4.68 Å². The molecule has 68 valence electrons. The van der Waals surface area contributed by atoms with E-state index in [1.165, 1.54) is 4.68 Å². The Bertz CT molecular complexity index is 299. The molecule has 0 saturated heterocycles. The van der Waals surface area contributed by atoms with E-state index < -0.39 is 0 Å². The van der Waals surface area contributed by atoms with Crippen LogP contribution in [0.15, 0.2) is 4.47 Å². The second kappa shape index (κ2) is 2.83. The summed E-state index contributed by atoms with van der Waals surface area (Å²) in [6.07, 6.45) is 0. The first kappa shape index (κ1) is 9.71. The van der Waals surface area contributed by atoms with E-state index in [-0.39, 0.29) is 11.5 Å². The smallest absolute Gasteiger partial charge is 0.226 e. The van der Waals surface area contributed by atoms with Crippen molar-refractivity contribution in [3.8, 4) is 0 Å². The second-order valence-electron chi connectivity index (χ2n) is 3.77. The van der Waals surface area contributed by atoms with Crippen molar-refractivity contribution in [3.63, 3.8) is 0 Å². The highest BCUT2D eigenvalue weighted by molar-refractivity contribution is 9.10. The maximum absolute atomic E-state index is 13.4. The average molecular weight is 235 g/mol. The minimum Gasteiger partial charge on any atom is -0.233 e. The van der Waals surface area contributed by atoms with Gasteiger partial charge in [-0.05, 0) is 43.6 Å². The van der Waals surface area contributed by atoms with Crippen LogP contribution in [0.5, 0.6) is 0 Å². The van der Waals surface area contributed by atoms with E-state index in [0.29, 0.717) is 10.2 Å². The number of rotatable bonds is 0. The normalized spacial score (nSPS) is 12.2. The van der Waals surface area contributed by atoms with Gasteiger partial charge in [0, 0.05) is 0 Å². The Morgan fingerprint density at radius 2 is 1.92 bits per heavy atom. The molecule has 12 heavy (non-hydrogen) atoms. The molecule has 0 bridgehead atoms. The summed E-state index contributed by atoms with van der Waals surface area (Å²) >= 11 is 3.13. The molecule has 1 aromatic rings. The summed E-state index contributed by atoms with van der Waals surface area (Å²) in [7, 11) is 0. The fraction of sp³-hybridized carbons (Fsp3) is 0.625. The summed E-state index contributed by atoms with van der Waals surface area (Å²) in [4.78, 5) is 0. The van der Waals surface area contributed by atoms with Gasteiger partial charge in [-0.1, -0.05) is 0 Å². The van der Waals surface area contributed by atoms with Gasteiger partial charge in [-0.2, -0.15) is 9.49 Å². The third-order valence-electron chi connectivity index (χ3n) is 1.57. The van der Waals surface area contributed by atoms with Crippen molar-refractivity contribution in [2.75, 3.05) is 0 Å². The molecule has 0 aliphatic heterocycles. The van der Waals surface area contributed by atoms with Crippen LogP contribution < -0.4 is 0 Å². The summed E-state index contributed by atoms with van der Waals surface area (Å²) in [6.45, 7) is 7.51. The van der Waals surface area contributed by atoms with Gasteiger partial charge in [0.05, 0.1) is 15.7 Å². The third kappa shape index (κ3) is 1.53. The Kier molecular flexibility index (Phi) is 2.29. The lowest BCUT2D eigenvalue weighted by Crippen LogP contribution is -2.24. The van der Waals surface area contributed by atoms with Crippen LogP contribution in [-0.4, -0.2) is 9.78 Å². The Morgan fingerprint density at radius 1 is 1.42 bits per heavy atom. The molecule has 0 fully saturated rings. The molecule has 4 heteroatoms. The second-order valence-corrected chi connectivity index (χ2v) is 4.57. The summed E-state index contributed by atoms with van der Waals surface area (Å²) < 4.78 is 15.2. The lowest BCUT2D eigenvalue weighted by Gasteiger charge is -2.19. The topological polar surface area (TPSA) is 17.8 Å². The summed E-state index contributed by atoms with van der Waals surface area (Å²) in [6, 6.07) is 0. The number of hydrogen-bond acceptors (Lipinski definition) is 1. The van der Waals surface area contributed by atoms with E-state index >= 15 is 0 Å². The number of aryl methyl sites for hydroxylation is 1. The first-order chi connectivity index (χ1) is 5.34. The predicted octanol–water partition coefficient (Wildman–Crippen LogP) is 2.85. The van der Waals surface area contributed by atoms with E-state index in [2.05, 4.69) is 21.0 Å². The van der Waals surface area contributed by atoms with Gasteiger partial charge in [0.2, 0.25) is 5.95 Å². The van der Waals surface area contributed by atoms with Crippen LogP contribution in [0.1, 0.15) is 26.5 Å². The summed E-state index contributed by atoms with van der Waals surface area (Å²) in [5, 5.41) is 4.08. The SMILES string of the molecule is Cc1nn(C(C)(C)C)c(F)c1Br. The van der Waals surface area contributed by atoms with Crippen LogP contribution >= 0.6 is 15.9 Å². The van der Waals surface area contributed by atoms with Gasteiger partial charge < -0.3 is 0 Å². The van der Waals surface area contributed by atoms with Crippen molar-refractivity contribution in [1.82, 2.24) is 9.78 Å². The Morgan fingerprint density at radius 3 is 2.08 bits per heavy atom. The van der Waals surface area contributed by atoms with Crippen LogP contribution in [0.3, 0.4) is 0 Å². The zero-order valence-electron chi connectivity index (χ0n) is 7.65. The third-order valence-corrected chi connectivity index (χ3v) is 2.47. The number of halogens is 2. The van der Waals surface area contributed by atoms with Gasteiger partial charge in [-0.15, -0.1) is 0 Å². The van der Waals surface area contributed by atoms with Crippen molar-refractivity contribution < 1.29 is 4.39 Å². The fourth-order valence-electron chi connectivity index (χ4n) is 0.925. The van der Waals surface area contributed by atoms with Crippen molar-refractivity contribution in [3.05, 3.63) is 16.1 Å². The van der Waals surface area contributed by atoms with E-state index in [1.54, 1.807) is 6.92 Å². The maximum Gasteiger partial charge on any atom is 0.226 e. The molecule has 0 saturated carbocycles. The first-order valence-electron chi connectivity index (χ1n) is 3.75. The number of hydrogen-bond donors (Lipinski definition) is 0. The predicted molar refractivity (Wildman–Crippen MR) is 49.6 cm³/mol. The molecule has 0 amide bonds. The zero-order valence-corrected chi connectivity index (χ0v) is 9.24. The highest BCUT2D eigenvalue weighted by Gasteiger charge is 2.21. The van der Waals surface area contributed by atoms with Crippen LogP contribution in [0.2, 0.25) is 0 Å². The molecule has 0 N–H and O–H groups in total. The lowest BCUT2D eigenvalue weighted by molar-refractivity contribution is 0.298. The average Bonchev–Trinajstić information content (AvgIpc) is 2.15. The molecule has 1 rings (SSSR count). The monoisotopic (exact) mass is 234 g/mol. The van der Waals surface area contributed by atoms with Crippen LogP contribution in [0.4, 0.5) is 4.39 Å². The summed E-state index contributed by atoms with van der Waals surface area (Å²) in [5.41, 5.74) is 0.378. The molecular weight excluding hydrogens is 223 g/mol. The Labute approximate surface area is 79.9 Å². The number of nitrogens with zero attached hydrogens (tertiary/aromatic N) is 2. The van der Waals surface area contributed by atoms with Crippen LogP contribution in [-0.2, 0) is 5.54 Å². The molecule has 0 aromatic carbocycles. The number of aromatic nitrogens is 2. The highest BCUT2D eigenvalue weighted by atomic mass is 79.9. The molecule has 0 unspecified atom stereocenters. The Hall–Kier alpha value is -0.380. The maximum atomic E-state index is 13.4. The minimum atomic E-state index is -0.306. The quantitative estimate of drug-likeness (QED) is 0.676. The molecule has 1 aromatic heterocycles. The Balaban J connectivity index is 3.28. The van der Waals surface area contributed by atoms with E-state index in [4.69, 9.17) is 0 Å². The molecule has 0 aliphatic rings. The highest BCUT2D eigenvalue weighted by Crippen LogP contribution is 2.24.